The van der Waals surface area contributed by atoms with Crippen LogP contribution in [0.4, 0.5) is 0 Å². The molecule has 88 valence electrons. The highest BCUT2D eigenvalue weighted by Gasteiger charge is 2.20. The Kier molecular flexibility index (Phi) is 2.50. The highest BCUT2D eigenvalue weighted by molar-refractivity contribution is 5.41. The quantitative estimate of drug-likeness (QED) is 0.805. The molecule has 1 unspecified atom stereocenters. The minimum atomic E-state index is 0.0872. The van der Waals surface area contributed by atoms with E-state index in [-0.39, 0.29) is 11.3 Å². The van der Waals surface area contributed by atoms with Crippen LogP contribution in [0, 0.1) is 0 Å². The smallest absolute Gasteiger partial charge is 0.177 e. The van der Waals surface area contributed by atoms with Crippen molar-refractivity contribution >= 4 is 5.65 Å². The third-order valence-electron chi connectivity index (χ3n) is 2.82. The van der Waals surface area contributed by atoms with Crippen LogP contribution in [-0.2, 0) is 5.41 Å². The van der Waals surface area contributed by atoms with Crippen LogP contribution in [-0.4, -0.2) is 26.4 Å². The van der Waals surface area contributed by atoms with Crippen LogP contribution in [0.3, 0.4) is 0 Å². The fourth-order valence-corrected chi connectivity index (χ4v) is 1.61. The molecule has 2 heterocycles. The fraction of sp³-hybridized carbons (Fsp3) is 0.636. The van der Waals surface area contributed by atoms with E-state index in [1.54, 1.807) is 0 Å². The van der Waals surface area contributed by atoms with Crippen molar-refractivity contribution in [2.45, 2.75) is 39.0 Å². The van der Waals surface area contributed by atoms with E-state index >= 15 is 0 Å². The second-order valence-electron chi connectivity index (χ2n) is 5.31. The van der Waals surface area contributed by atoms with Crippen LogP contribution < -0.4 is 5.73 Å². The molecule has 0 spiro atoms. The van der Waals surface area contributed by atoms with Gasteiger partial charge < -0.3 is 5.73 Å². The normalized spacial score (nSPS) is 14.6. The first-order chi connectivity index (χ1) is 7.43. The standard InChI is InChI=1S/C11H19N5/c1-7(6-12)10-14-13-9-5-8(11(2,3)4)15-16(9)10/h5,7,15H,6,12H2,1-4H3. The zero-order valence-electron chi connectivity index (χ0n) is 10.3. The van der Waals surface area contributed by atoms with E-state index in [2.05, 4.69) is 36.1 Å². The van der Waals surface area contributed by atoms with Gasteiger partial charge in [0, 0.05) is 29.6 Å². The molecule has 0 amide bonds. The Morgan fingerprint density at radius 1 is 1.44 bits per heavy atom. The first kappa shape index (κ1) is 11.1. The van der Waals surface area contributed by atoms with E-state index < -0.39 is 0 Å². The van der Waals surface area contributed by atoms with Gasteiger partial charge >= 0.3 is 0 Å². The van der Waals surface area contributed by atoms with Gasteiger partial charge in [-0.25, -0.2) is 4.52 Å². The number of H-pyrrole nitrogens is 1. The van der Waals surface area contributed by atoms with E-state index in [1.807, 2.05) is 17.5 Å². The van der Waals surface area contributed by atoms with Crippen LogP contribution in [0.5, 0.6) is 0 Å². The van der Waals surface area contributed by atoms with Crippen LogP contribution in [0.1, 0.15) is 45.1 Å². The van der Waals surface area contributed by atoms with Crippen molar-refractivity contribution in [1.82, 2.24) is 19.8 Å². The molecule has 0 saturated heterocycles. The number of aromatic amines is 1. The minimum absolute atomic E-state index is 0.0872. The number of nitrogens with one attached hydrogen (secondary N) is 1. The number of fused-ring (bicyclic) bond motifs is 1. The van der Waals surface area contributed by atoms with E-state index in [0.29, 0.717) is 6.54 Å². The summed E-state index contributed by atoms with van der Waals surface area (Å²) in [5.74, 6) is 1.11. The number of nitrogens with zero attached hydrogens (tertiary/aromatic N) is 3. The molecule has 0 aliphatic carbocycles. The van der Waals surface area contributed by atoms with E-state index in [9.17, 15) is 0 Å². The molecular weight excluding hydrogens is 202 g/mol. The lowest BCUT2D eigenvalue weighted by atomic mass is 9.93. The molecule has 0 bridgehead atoms. The molecule has 5 heteroatoms. The molecule has 0 saturated carbocycles. The number of aromatic nitrogens is 4. The molecular formula is C11H19N5. The van der Waals surface area contributed by atoms with Gasteiger partial charge in [-0.1, -0.05) is 27.7 Å². The van der Waals surface area contributed by atoms with Gasteiger partial charge in [-0.05, 0) is 0 Å². The van der Waals surface area contributed by atoms with Crippen molar-refractivity contribution in [2.24, 2.45) is 5.73 Å². The molecule has 0 fully saturated rings. The van der Waals surface area contributed by atoms with Gasteiger partial charge in [0.2, 0.25) is 0 Å². The van der Waals surface area contributed by atoms with Gasteiger partial charge in [-0.2, -0.15) is 0 Å². The number of nitrogens with two attached hydrogens (primary N) is 1. The molecule has 2 rings (SSSR count). The Hall–Kier alpha value is -1.36. The molecule has 0 aromatic carbocycles. The van der Waals surface area contributed by atoms with E-state index in [1.165, 1.54) is 0 Å². The summed E-state index contributed by atoms with van der Waals surface area (Å²) in [6, 6.07) is 2.04. The SMILES string of the molecule is CC(CN)c1nnc2cc(C(C)(C)C)[nH]n12. The third-order valence-corrected chi connectivity index (χ3v) is 2.82. The maximum Gasteiger partial charge on any atom is 0.177 e. The van der Waals surface area contributed by atoms with Crippen molar-refractivity contribution in [3.8, 4) is 0 Å². The Labute approximate surface area is 95.0 Å². The molecule has 1 atom stereocenters. The van der Waals surface area contributed by atoms with E-state index in [4.69, 9.17) is 5.73 Å². The van der Waals surface area contributed by atoms with Crippen LogP contribution in [0.25, 0.3) is 5.65 Å². The Bertz CT molecular complexity index is 488. The molecule has 0 aliphatic rings. The first-order valence-electron chi connectivity index (χ1n) is 5.58. The van der Waals surface area contributed by atoms with Crippen LogP contribution in [0.2, 0.25) is 0 Å². The van der Waals surface area contributed by atoms with Crippen LogP contribution >= 0.6 is 0 Å². The molecule has 2 aromatic heterocycles. The maximum atomic E-state index is 5.65. The zero-order valence-corrected chi connectivity index (χ0v) is 10.3. The Morgan fingerprint density at radius 3 is 2.69 bits per heavy atom. The summed E-state index contributed by atoms with van der Waals surface area (Å²) >= 11 is 0. The molecule has 5 nitrogen and oxygen atoms in total. The van der Waals surface area contributed by atoms with Crippen LogP contribution in [0.15, 0.2) is 6.07 Å². The summed E-state index contributed by atoms with van der Waals surface area (Å²) in [5.41, 5.74) is 7.76. The van der Waals surface area contributed by atoms with Crippen molar-refractivity contribution in [3.05, 3.63) is 17.6 Å². The van der Waals surface area contributed by atoms with Gasteiger partial charge in [0.1, 0.15) is 0 Å². The maximum absolute atomic E-state index is 5.65. The Balaban J connectivity index is 2.51. The summed E-state index contributed by atoms with van der Waals surface area (Å²) in [6.45, 7) is 9.12. The predicted octanol–water partition coefficient (Wildman–Crippen LogP) is 1.42. The number of hydrogen-bond acceptors (Lipinski definition) is 3. The average molecular weight is 221 g/mol. The predicted molar refractivity (Wildman–Crippen MR) is 63.5 cm³/mol. The van der Waals surface area contributed by atoms with Crippen molar-refractivity contribution in [3.63, 3.8) is 0 Å². The largest absolute Gasteiger partial charge is 0.330 e. The second-order valence-corrected chi connectivity index (χ2v) is 5.31. The number of rotatable bonds is 2. The average Bonchev–Trinajstić information content (AvgIpc) is 2.73. The van der Waals surface area contributed by atoms with Gasteiger partial charge in [-0.15, -0.1) is 10.2 Å². The second kappa shape index (κ2) is 3.59. The lowest BCUT2D eigenvalue weighted by Crippen LogP contribution is -2.15. The van der Waals surface area contributed by atoms with Gasteiger partial charge in [0.05, 0.1) is 0 Å². The molecule has 0 radical (unpaired) electrons. The summed E-state index contributed by atoms with van der Waals surface area (Å²) in [4.78, 5) is 0. The lowest BCUT2D eigenvalue weighted by molar-refractivity contribution is 0.556. The number of hydrogen-bond donors (Lipinski definition) is 2. The first-order valence-corrected chi connectivity index (χ1v) is 5.58. The van der Waals surface area contributed by atoms with E-state index in [0.717, 1.165) is 17.2 Å². The van der Waals surface area contributed by atoms with Gasteiger partial charge in [0.25, 0.3) is 0 Å². The third kappa shape index (κ3) is 1.71. The fourth-order valence-electron chi connectivity index (χ4n) is 1.61. The summed E-state index contributed by atoms with van der Waals surface area (Å²) in [5, 5.41) is 11.6. The molecule has 0 aliphatic heterocycles. The lowest BCUT2D eigenvalue weighted by Gasteiger charge is -2.15. The topological polar surface area (TPSA) is 72.0 Å². The Morgan fingerprint density at radius 2 is 2.12 bits per heavy atom. The summed E-state index contributed by atoms with van der Waals surface area (Å²) in [7, 11) is 0. The monoisotopic (exact) mass is 221 g/mol. The minimum Gasteiger partial charge on any atom is -0.330 e. The van der Waals surface area contributed by atoms with Gasteiger partial charge in [0.15, 0.2) is 11.5 Å². The summed E-state index contributed by atoms with van der Waals surface area (Å²) < 4.78 is 1.93. The molecule has 3 N–H and O–H groups in total. The highest BCUT2D eigenvalue weighted by Crippen LogP contribution is 2.23. The molecule has 16 heavy (non-hydrogen) atoms. The summed E-state index contributed by atoms with van der Waals surface area (Å²) in [6.07, 6.45) is 0. The van der Waals surface area contributed by atoms with Gasteiger partial charge in [-0.3, -0.25) is 5.10 Å². The zero-order chi connectivity index (χ0) is 11.9. The van der Waals surface area contributed by atoms with Crippen molar-refractivity contribution in [2.75, 3.05) is 6.54 Å². The molecule has 2 aromatic rings. The van der Waals surface area contributed by atoms with Crippen molar-refractivity contribution < 1.29 is 0 Å². The highest BCUT2D eigenvalue weighted by atomic mass is 15.4. The van der Waals surface area contributed by atoms with Crippen molar-refractivity contribution in [1.29, 1.82) is 0 Å².